The van der Waals surface area contributed by atoms with Gasteiger partial charge in [-0.25, -0.2) is 9.78 Å². The normalized spacial score (nSPS) is 13.3. The zero-order valence-electron chi connectivity index (χ0n) is 14.2. The van der Waals surface area contributed by atoms with Crippen molar-refractivity contribution in [3.8, 4) is 0 Å². The second-order valence-electron chi connectivity index (χ2n) is 6.05. The molecule has 0 atom stereocenters. The van der Waals surface area contributed by atoms with E-state index in [0.29, 0.717) is 30.3 Å². The molecule has 0 saturated heterocycles. The number of anilines is 1. The number of carbonyl (C=O) groups excluding carboxylic acids is 2. The molecule has 6 nitrogen and oxygen atoms in total. The van der Waals surface area contributed by atoms with Gasteiger partial charge in [0.05, 0.1) is 10.7 Å². The number of aryl methyl sites for hydroxylation is 1. The molecule has 0 spiro atoms. The molecule has 2 aromatic rings. The van der Waals surface area contributed by atoms with Crippen LogP contribution in [0.15, 0.2) is 29.6 Å². The molecule has 1 aromatic carbocycles. The number of hydrogen-bond donors (Lipinski definition) is 3. The molecule has 1 aliphatic rings. The standard InChI is InChI=1S/C18H22N4O2S/c1-2-16-20-15(11-25-16)8-9-19-18(24)22-14-5-3-4-12(10-14)17(23)21-13-6-7-13/h3-5,10-11,13H,2,6-9H2,1H3,(H,21,23)(H2,19,22,24). The van der Waals surface area contributed by atoms with Gasteiger partial charge >= 0.3 is 6.03 Å². The molecule has 1 aliphatic carbocycles. The van der Waals surface area contributed by atoms with Crippen molar-refractivity contribution in [3.05, 3.63) is 45.9 Å². The zero-order chi connectivity index (χ0) is 17.6. The number of rotatable bonds is 7. The van der Waals surface area contributed by atoms with Gasteiger partial charge in [-0.3, -0.25) is 4.79 Å². The molecular weight excluding hydrogens is 336 g/mol. The summed E-state index contributed by atoms with van der Waals surface area (Å²) in [7, 11) is 0. The summed E-state index contributed by atoms with van der Waals surface area (Å²) in [4.78, 5) is 28.5. The first-order chi connectivity index (χ1) is 12.1. The lowest BCUT2D eigenvalue weighted by atomic mass is 10.2. The van der Waals surface area contributed by atoms with Crippen LogP contribution < -0.4 is 16.0 Å². The maximum Gasteiger partial charge on any atom is 0.319 e. The van der Waals surface area contributed by atoms with Crippen LogP contribution in [0.1, 0.15) is 40.8 Å². The van der Waals surface area contributed by atoms with Gasteiger partial charge in [-0.1, -0.05) is 13.0 Å². The number of benzene rings is 1. The molecule has 132 valence electrons. The molecule has 3 amide bonds. The van der Waals surface area contributed by atoms with E-state index in [-0.39, 0.29) is 11.9 Å². The summed E-state index contributed by atoms with van der Waals surface area (Å²) >= 11 is 1.65. The monoisotopic (exact) mass is 358 g/mol. The SMILES string of the molecule is CCc1nc(CCNC(=O)Nc2cccc(C(=O)NC3CC3)c2)cs1. The van der Waals surface area contributed by atoms with Crippen LogP contribution in [-0.2, 0) is 12.8 Å². The highest BCUT2D eigenvalue weighted by atomic mass is 32.1. The number of amides is 3. The van der Waals surface area contributed by atoms with Gasteiger partial charge in [-0.2, -0.15) is 0 Å². The number of nitrogens with zero attached hydrogens (tertiary/aromatic N) is 1. The Bertz CT molecular complexity index is 755. The van der Waals surface area contributed by atoms with Crippen LogP contribution in [0, 0.1) is 0 Å². The Morgan fingerprint density at radius 3 is 2.88 bits per heavy atom. The largest absolute Gasteiger partial charge is 0.349 e. The Kier molecular flexibility index (Phi) is 5.65. The average molecular weight is 358 g/mol. The summed E-state index contributed by atoms with van der Waals surface area (Å²) in [6.07, 6.45) is 3.73. The topological polar surface area (TPSA) is 83.1 Å². The van der Waals surface area contributed by atoms with Crippen molar-refractivity contribution >= 4 is 29.0 Å². The number of aromatic nitrogens is 1. The molecule has 0 unspecified atom stereocenters. The van der Waals surface area contributed by atoms with E-state index in [0.717, 1.165) is 30.0 Å². The third-order valence-electron chi connectivity index (χ3n) is 3.86. The molecule has 1 heterocycles. The van der Waals surface area contributed by atoms with Crippen molar-refractivity contribution < 1.29 is 9.59 Å². The van der Waals surface area contributed by atoms with Gasteiger partial charge in [-0.05, 0) is 37.5 Å². The first-order valence-corrected chi connectivity index (χ1v) is 9.41. The maximum atomic E-state index is 12.0. The lowest BCUT2D eigenvalue weighted by Crippen LogP contribution is -2.30. The van der Waals surface area contributed by atoms with E-state index in [9.17, 15) is 9.59 Å². The summed E-state index contributed by atoms with van der Waals surface area (Å²) in [5, 5.41) is 11.6. The van der Waals surface area contributed by atoms with E-state index >= 15 is 0 Å². The summed E-state index contributed by atoms with van der Waals surface area (Å²) < 4.78 is 0. The molecule has 25 heavy (non-hydrogen) atoms. The summed E-state index contributed by atoms with van der Waals surface area (Å²) in [6.45, 7) is 2.59. The van der Waals surface area contributed by atoms with Crippen LogP contribution in [-0.4, -0.2) is 29.5 Å². The predicted octanol–water partition coefficient (Wildman–Crippen LogP) is 2.96. The highest BCUT2D eigenvalue weighted by molar-refractivity contribution is 7.09. The Hall–Kier alpha value is -2.41. The molecule has 3 rings (SSSR count). The van der Waals surface area contributed by atoms with Crippen molar-refractivity contribution in [2.45, 2.75) is 38.6 Å². The van der Waals surface area contributed by atoms with Crippen molar-refractivity contribution in [2.24, 2.45) is 0 Å². The molecule has 1 saturated carbocycles. The van der Waals surface area contributed by atoms with Crippen molar-refractivity contribution in [3.63, 3.8) is 0 Å². The Morgan fingerprint density at radius 1 is 1.32 bits per heavy atom. The molecule has 0 bridgehead atoms. The van der Waals surface area contributed by atoms with E-state index < -0.39 is 0 Å². The van der Waals surface area contributed by atoms with Crippen LogP contribution in [0.4, 0.5) is 10.5 Å². The van der Waals surface area contributed by atoms with Crippen molar-refractivity contribution in [2.75, 3.05) is 11.9 Å². The second-order valence-corrected chi connectivity index (χ2v) is 6.99. The van der Waals surface area contributed by atoms with Crippen LogP contribution >= 0.6 is 11.3 Å². The molecule has 7 heteroatoms. The smallest absolute Gasteiger partial charge is 0.319 e. The number of thiazole rings is 1. The Labute approximate surface area is 151 Å². The lowest BCUT2D eigenvalue weighted by molar-refractivity contribution is 0.0951. The van der Waals surface area contributed by atoms with E-state index in [1.807, 2.05) is 5.38 Å². The fourth-order valence-corrected chi connectivity index (χ4v) is 3.12. The summed E-state index contributed by atoms with van der Waals surface area (Å²) in [5.74, 6) is -0.0955. The molecule has 0 aliphatic heterocycles. The van der Waals surface area contributed by atoms with Gasteiger partial charge in [-0.15, -0.1) is 11.3 Å². The highest BCUT2D eigenvalue weighted by Crippen LogP contribution is 2.20. The van der Waals surface area contributed by atoms with Crippen LogP contribution in [0.25, 0.3) is 0 Å². The fourth-order valence-electron chi connectivity index (χ4n) is 2.34. The predicted molar refractivity (Wildman–Crippen MR) is 99.1 cm³/mol. The van der Waals surface area contributed by atoms with E-state index in [1.54, 1.807) is 35.6 Å². The third kappa shape index (κ3) is 5.29. The average Bonchev–Trinajstić information content (AvgIpc) is 3.30. The molecule has 1 fully saturated rings. The highest BCUT2D eigenvalue weighted by Gasteiger charge is 2.23. The van der Waals surface area contributed by atoms with Crippen LogP contribution in [0.2, 0.25) is 0 Å². The van der Waals surface area contributed by atoms with Gasteiger partial charge in [0.25, 0.3) is 5.91 Å². The van der Waals surface area contributed by atoms with Gasteiger partial charge in [0, 0.05) is 35.6 Å². The van der Waals surface area contributed by atoms with Gasteiger partial charge in [0.1, 0.15) is 0 Å². The zero-order valence-corrected chi connectivity index (χ0v) is 15.0. The molecule has 3 N–H and O–H groups in total. The van der Waals surface area contributed by atoms with Gasteiger partial charge in [0.15, 0.2) is 0 Å². The van der Waals surface area contributed by atoms with E-state index in [4.69, 9.17) is 0 Å². The number of nitrogens with one attached hydrogen (secondary N) is 3. The van der Waals surface area contributed by atoms with E-state index in [2.05, 4.69) is 27.9 Å². The quantitative estimate of drug-likeness (QED) is 0.711. The lowest BCUT2D eigenvalue weighted by Gasteiger charge is -2.09. The minimum absolute atomic E-state index is 0.0955. The van der Waals surface area contributed by atoms with E-state index in [1.165, 1.54) is 0 Å². The minimum atomic E-state index is -0.286. The second kappa shape index (κ2) is 8.11. The van der Waals surface area contributed by atoms with Crippen molar-refractivity contribution in [1.29, 1.82) is 0 Å². The Balaban J connectivity index is 1.46. The fraction of sp³-hybridized carbons (Fsp3) is 0.389. The van der Waals surface area contributed by atoms with Crippen LogP contribution in [0.5, 0.6) is 0 Å². The summed E-state index contributed by atoms with van der Waals surface area (Å²) in [5.41, 5.74) is 2.16. The van der Waals surface area contributed by atoms with Gasteiger partial charge in [0.2, 0.25) is 0 Å². The van der Waals surface area contributed by atoms with Gasteiger partial charge < -0.3 is 16.0 Å². The number of hydrogen-bond acceptors (Lipinski definition) is 4. The van der Waals surface area contributed by atoms with Crippen LogP contribution in [0.3, 0.4) is 0 Å². The molecule has 0 radical (unpaired) electrons. The van der Waals surface area contributed by atoms with Crippen molar-refractivity contribution in [1.82, 2.24) is 15.6 Å². The minimum Gasteiger partial charge on any atom is -0.349 e. The Morgan fingerprint density at radius 2 is 2.16 bits per heavy atom. The maximum absolute atomic E-state index is 12.0. The third-order valence-corrected chi connectivity index (χ3v) is 4.91. The molecule has 1 aromatic heterocycles. The molecular formula is C18H22N4O2S. The first kappa shape index (κ1) is 17.4. The number of carbonyl (C=O) groups is 2. The summed E-state index contributed by atoms with van der Waals surface area (Å²) in [6, 6.07) is 6.98. The number of urea groups is 1. The first-order valence-electron chi connectivity index (χ1n) is 8.53.